The van der Waals surface area contributed by atoms with E-state index in [-0.39, 0.29) is 17.6 Å². The molecule has 0 aliphatic carbocycles. The zero-order valence-electron chi connectivity index (χ0n) is 12.3. The second-order valence-electron chi connectivity index (χ2n) is 6.12. The largest absolute Gasteiger partial charge is 0.481 e. The fraction of sp³-hybridized carbons (Fsp3) is 0.500. The van der Waals surface area contributed by atoms with Gasteiger partial charge in [-0.1, -0.05) is 0 Å². The van der Waals surface area contributed by atoms with Gasteiger partial charge in [-0.15, -0.1) is 0 Å². The Morgan fingerprint density at radius 3 is 2.48 bits per heavy atom. The van der Waals surface area contributed by atoms with Crippen LogP contribution in [0.25, 0.3) is 0 Å². The molecule has 1 heterocycles. The number of benzene rings is 1. The van der Waals surface area contributed by atoms with E-state index in [0.29, 0.717) is 18.7 Å². The van der Waals surface area contributed by atoms with Gasteiger partial charge in [0.15, 0.2) is 0 Å². The van der Waals surface area contributed by atoms with Crippen molar-refractivity contribution >= 4 is 11.9 Å². The first kappa shape index (κ1) is 15.5. The maximum atomic E-state index is 12.9. The number of rotatable bonds is 3. The van der Waals surface area contributed by atoms with Crippen LogP contribution in [0.15, 0.2) is 24.3 Å². The molecule has 4 nitrogen and oxygen atoms in total. The van der Waals surface area contributed by atoms with Crippen LogP contribution in [0.2, 0.25) is 0 Å². The van der Waals surface area contributed by atoms with Gasteiger partial charge in [-0.3, -0.25) is 9.59 Å². The first-order valence-corrected chi connectivity index (χ1v) is 7.10. The molecule has 1 atom stereocenters. The molecular formula is C16H20FNO3. The van der Waals surface area contributed by atoms with E-state index >= 15 is 0 Å². The van der Waals surface area contributed by atoms with E-state index in [1.54, 1.807) is 18.7 Å². The lowest BCUT2D eigenvalue weighted by Gasteiger charge is -2.39. The molecule has 1 N–H and O–H groups in total. The molecule has 1 saturated heterocycles. The molecule has 2 rings (SSSR count). The maximum Gasteiger partial charge on any atom is 0.309 e. The van der Waals surface area contributed by atoms with E-state index in [1.165, 1.54) is 24.3 Å². The summed E-state index contributed by atoms with van der Waals surface area (Å²) in [5.41, 5.74) is -0.424. The van der Waals surface area contributed by atoms with Gasteiger partial charge >= 0.3 is 5.97 Å². The number of carbonyl (C=O) groups is 2. The highest BCUT2D eigenvalue weighted by Crippen LogP contribution is 2.34. The number of piperidine rings is 1. The fourth-order valence-corrected chi connectivity index (χ4v) is 2.70. The number of carbonyl (C=O) groups excluding carboxylic acids is 1. The van der Waals surface area contributed by atoms with Gasteiger partial charge in [-0.2, -0.15) is 0 Å². The second-order valence-corrected chi connectivity index (χ2v) is 6.12. The molecule has 1 aliphatic heterocycles. The number of amides is 1. The van der Waals surface area contributed by atoms with Gasteiger partial charge in [0, 0.05) is 18.7 Å². The molecule has 0 radical (unpaired) electrons. The Morgan fingerprint density at radius 2 is 1.90 bits per heavy atom. The number of hydrogen-bond donors (Lipinski definition) is 1. The molecule has 0 bridgehead atoms. The average molecular weight is 293 g/mol. The van der Waals surface area contributed by atoms with E-state index in [1.807, 2.05) is 0 Å². The van der Waals surface area contributed by atoms with E-state index in [9.17, 15) is 19.1 Å². The smallest absolute Gasteiger partial charge is 0.309 e. The van der Waals surface area contributed by atoms with Crippen molar-refractivity contribution in [2.24, 2.45) is 11.3 Å². The normalized spacial score (nSPS) is 19.4. The number of carboxylic acid groups (broad SMARTS) is 1. The summed E-state index contributed by atoms with van der Waals surface area (Å²) in [5, 5.41) is 9.32. The number of aliphatic carboxylic acids is 1. The topological polar surface area (TPSA) is 57.6 Å². The first-order chi connectivity index (χ1) is 9.82. The predicted molar refractivity (Wildman–Crippen MR) is 76.4 cm³/mol. The molecule has 21 heavy (non-hydrogen) atoms. The van der Waals surface area contributed by atoms with Crippen molar-refractivity contribution in [2.75, 3.05) is 13.1 Å². The van der Waals surface area contributed by atoms with E-state index in [4.69, 9.17) is 0 Å². The van der Waals surface area contributed by atoms with Crippen LogP contribution >= 0.6 is 0 Å². The zero-order chi connectivity index (χ0) is 15.6. The van der Waals surface area contributed by atoms with Crippen molar-refractivity contribution in [2.45, 2.75) is 26.7 Å². The van der Waals surface area contributed by atoms with Crippen LogP contribution < -0.4 is 0 Å². The summed E-state index contributed by atoms with van der Waals surface area (Å²) >= 11 is 0. The van der Waals surface area contributed by atoms with Gasteiger partial charge in [0.25, 0.3) is 5.91 Å². The summed E-state index contributed by atoms with van der Waals surface area (Å²) < 4.78 is 12.9. The fourth-order valence-electron chi connectivity index (χ4n) is 2.70. The number of likely N-dealkylation sites (tertiary alicyclic amines) is 1. The Hall–Kier alpha value is -1.91. The Bertz CT molecular complexity index is 539. The van der Waals surface area contributed by atoms with Gasteiger partial charge in [-0.05, 0) is 56.9 Å². The third kappa shape index (κ3) is 3.23. The molecule has 1 aliphatic rings. The molecule has 1 aromatic carbocycles. The van der Waals surface area contributed by atoms with Crippen LogP contribution in [0.3, 0.4) is 0 Å². The first-order valence-electron chi connectivity index (χ1n) is 7.10. The lowest BCUT2D eigenvalue weighted by molar-refractivity contribution is -0.151. The molecular weight excluding hydrogens is 273 g/mol. The Kier molecular flexibility index (Phi) is 4.30. The zero-order valence-corrected chi connectivity index (χ0v) is 12.3. The monoisotopic (exact) mass is 293 g/mol. The molecule has 5 heteroatoms. The molecule has 1 amide bonds. The minimum atomic E-state index is -0.859. The Balaban J connectivity index is 2.12. The highest BCUT2D eigenvalue weighted by molar-refractivity contribution is 5.94. The number of hydrogen-bond acceptors (Lipinski definition) is 2. The number of halogens is 1. The van der Waals surface area contributed by atoms with E-state index in [0.717, 1.165) is 12.8 Å². The summed E-state index contributed by atoms with van der Waals surface area (Å²) in [6, 6.07) is 5.44. The van der Waals surface area contributed by atoms with Crippen molar-refractivity contribution in [1.29, 1.82) is 0 Å². The van der Waals surface area contributed by atoms with Crippen molar-refractivity contribution in [3.05, 3.63) is 35.6 Å². The highest BCUT2D eigenvalue weighted by atomic mass is 19.1. The minimum Gasteiger partial charge on any atom is -0.481 e. The van der Waals surface area contributed by atoms with E-state index < -0.39 is 11.4 Å². The average Bonchev–Trinajstić information content (AvgIpc) is 2.47. The molecule has 0 spiro atoms. The van der Waals surface area contributed by atoms with Crippen LogP contribution in [0, 0.1) is 17.2 Å². The van der Waals surface area contributed by atoms with Crippen molar-refractivity contribution < 1.29 is 19.1 Å². The maximum absolute atomic E-state index is 12.9. The Labute approximate surface area is 123 Å². The van der Waals surface area contributed by atoms with E-state index in [2.05, 4.69) is 0 Å². The van der Waals surface area contributed by atoms with Gasteiger partial charge in [0.2, 0.25) is 0 Å². The number of nitrogens with zero attached hydrogens (tertiary/aromatic N) is 1. The quantitative estimate of drug-likeness (QED) is 0.932. The van der Waals surface area contributed by atoms with Crippen LogP contribution in [0.4, 0.5) is 4.39 Å². The standard InChI is InChI=1S/C16H20FNO3/c1-16(2,15(20)21)12-4-3-9-18(10-12)14(19)11-5-7-13(17)8-6-11/h5-8,12H,3-4,9-10H2,1-2H3,(H,20,21). The van der Waals surface area contributed by atoms with Crippen molar-refractivity contribution in [3.63, 3.8) is 0 Å². The summed E-state index contributed by atoms with van der Waals surface area (Å²) in [5.74, 6) is -1.47. The van der Waals surface area contributed by atoms with Crippen LogP contribution in [-0.2, 0) is 4.79 Å². The van der Waals surface area contributed by atoms with Crippen LogP contribution in [-0.4, -0.2) is 35.0 Å². The van der Waals surface area contributed by atoms with Gasteiger partial charge in [0.05, 0.1) is 5.41 Å². The van der Waals surface area contributed by atoms with Crippen LogP contribution in [0.1, 0.15) is 37.0 Å². The summed E-state index contributed by atoms with van der Waals surface area (Å²) in [7, 11) is 0. The highest BCUT2D eigenvalue weighted by Gasteiger charge is 2.40. The third-order valence-electron chi connectivity index (χ3n) is 4.37. The predicted octanol–water partition coefficient (Wildman–Crippen LogP) is 2.79. The Morgan fingerprint density at radius 1 is 1.29 bits per heavy atom. The molecule has 114 valence electrons. The van der Waals surface area contributed by atoms with Gasteiger partial charge < -0.3 is 10.0 Å². The second kappa shape index (κ2) is 5.84. The molecule has 1 unspecified atom stereocenters. The number of carboxylic acids is 1. The molecule has 0 aromatic heterocycles. The van der Waals surface area contributed by atoms with Crippen molar-refractivity contribution in [1.82, 2.24) is 4.90 Å². The van der Waals surface area contributed by atoms with Gasteiger partial charge in [0.1, 0.15) is 5.82 Å². The summed E-state index contributed by atoms with van der Waals surface area (Å²) in [6.45, 7) is 4.44. The SMILES string of the molecule is CC(C)(C(=O)O)C1CCCN(C(=O)c2ccc(F)cc2)C1. The van der Waals surface area contributed by atoms with Gasteiger partial charge in [-0.25, -0.2) is 4.39 Å². The summed E-state index contributed by atoms with van der Waals surface area (Å²) in [6.07, 6.45) is 1.58. The molecule has 0 saturated carbocycles. The lowest BCUT2D eigenvalue weighted by Crippen LogP contribution is -2.46. The lowest BCUT2D eigenvalue weighted by atomic mass is 9.74. The minimum absolute atomic E-state index is 0.0758. The molecule has 1 fully saturated rings. The van der Waals surface area contributed by atoms with Crippen LogP contribution in [0.5, 0.6) is 0 Å². The molecule has 1 aromatic rings. The third-order valence-corrected chi connectivity index (χ3v) is 4.37. The van der Waals surface area contributed by atoms with Crippen molar-refractivity contribution in [3.8, 4) is 0 Å². The summed E-state index contributed by atoms with van der Waals surface area (Å²) in [4.78, 5) is 25.4.